The molecule has 0 aromatic heterocycles. The minimum atomic E-state index is -1.81. The van der Waals surface area contributed by atoms with Crippen LogP contribution >= 0.6 is 0 Å². The molecule has 0 bridgehead atoms. The van der Waals surface area contributed by atoms with Crippen molar-refractivity contribution in [2.45, 2.75) is 72.1 Å². The molecule has 0 aliphatic heterocycles. The van der Waals surface area contributed by atoms with E-state index in [0.29, 0.717) is 18.4 Å². The fraction of sp³-hybridized carbons (Fsp3) is 0.371. The van der Waals surface area contributed by atoms with Crippen molar-refractivity contribution in [1.82, 2.24) is 16.1 Å². The molecule has 3 amide bonds. The second-order valence-corrected chi connectivity index (χ2v) is 12.2. The molecule has 9 heteroatoms. The Kier molecular flexibility index (Phi) is 11.8. The van der Waals surface area contributed by atoms with Crippen LogP contribution < -0.4 is 16.1 Å². The number of benzene rings is 3. The minimum absolute atomic E-state index is 0.135. The minimum Gasteiger partial charge on any atom is -0.382 e. The van der Waals surface area contributed by atoms with Gasteiger partial charge in [-0.1, -0.05) is 81.4 Å². The molecule has 0 fully saturated rings. The first-order valence-corrected chi connectivity index (χ1v) is 14.7. The van der Waals surface area contributed by atoms with Gasteiger partial charge in [-0.3, -0.25) is 19.6 Å². The Hall–Kier alpha value is -4.52. The number of nitriles is 1. The van der Waals surface area contributed by atoms with Gasteiger partial charge in [0.2, 0.25) is 11.8 Å². The molecule has 232 valence electrons. The number of carbonyl (C=O) groups is 3. The quantitative estimate of drug-likeness (QED) is 0.150. The average Bonchev–Trinajstić information content (AvgIpc) is 3.01. The predicted octanol–water partition coefficient (Wildman–Crippen LogP) is 4.75. The second kappa shape index (κ2) is 15.3. The number of hydrogen-bond donors (Lipinski definition) is 5. The number of aryl methyl sites for hydroxylation is 2. The third-order valence-electron chi connectivity index (χ3n) is 7.77. The van der Waals surface area contributed by atoms with Crippen molar-refractivity contribution in [3.8, 4) is 17.2 Å². The molecule has 44 heavy (non-hydrogen) atoms. The summed E-state index contributed by atoms with van der Waals surface area (Å²) in [5.41, 5.74) is 6.35. The molecule has 0 saturated carbocycles. The first kappa shape index (κ1) is 34.0. The summed E-state index contributed by atoms with van der Waals surface area (Å²) in [6.45, 7) is 9.31. The van der Waals surface area contributed by atoms with E-state index >= 15 is 0 Å². The molecule has 0 saturated heterocycles. The molecule has 0 radical (unpaired) electrons. The van der Waals surface area contributed by atoms with E-state index in [2.05, 4.69) is 16.7 Å². The van der Waals surface area contributed by atoms with Crippen molar-refractivity contribution in [2.24, 2.45) is 11.3 Å². The zero-order chi connectivity index (χ0) is 32.4. The molecule has 0 heterocycles. The average molecular weight is 599 g/mol. The van der Waals surface area contributed by atoms with Gasteiger partial charge >= 0.3 is 0 Å². The largest absolute Gasteiger partial charge is 0.382 e. The lowest BCUT2D eigenvalue weighted by Crippen LogP contribution is -2.56. The molecule has 0 aliphatic rings. The van der Waals surface area contributed by atoms with Crippen LogP contribution in [-0.4, -0.2) is 40.2 Å². The molecule has 0 unspecified atom stereocenters. The number of nitrogens with one attached hydrogen (secondary N) is 3. The zero-order valence-corrected chi connectivity index (χ0v) is 25.9. The highest BCUT2D eigenvalue weighted by Crippen LogP contribution is 2.27. The molecule has 3 rings (SSSR count). The fourth-order valence-corrected chi connectivity index (χ4v) is 5.18. The Morgan fingerprint density at radius 3 is 2.14 bits per heavy atom. The lowest BCUT2D eigenvalue weighted by atomic mass is 9.84. The number of hydrogen-bond acceptors (Lipinski definition) is 6. The van der Waals surface area contributed by atoms with Crippen LogP contribution in [0.25, 0.3) is 11.1 Å². The van der Waals surface area contributed by atoms with Crippen molar-refractivity contribution >= 4 is 17.7 Å². The Morgan fingerprint density at radius 1 is 0.909 bits per heavy atom. The van der Waals surface area contributed by atoms with Crippen LogP contribution in [0.3, 0.4) is 0 Å². The highest BCUT2D eigenvalue weighted by atomic mass is 16.5. The summed E-state index contributed by atoms with van der Waals surface area (Å²) in [4.78, 5) is 39.1. The van der Waals surface area contributed by atoms with E-state index in [0.717, 1.165) is 27.8 Å². The summed E-state index contributed by atoms with van der Waals surface area (Å²) >= 11 is 0. The van der Waals surface area contributed by atoms with Crippen molar-refractivity contribution in [1.29, 1.82) is 5.26 Å². The number of hydroxylamine groups is 1. The Balaban J connectivity index is 1.72. The van der Waals surface area contributed by atoms with Crippen molar-refractivity contribution in [2.75, 3.05) is 0 Å². The first-order chi connectivity index (χ1) is 20.8. The van der Waals surface area contributed by atoms with Gasteiger partial charge in [-0.25, -0.2) is 5.48 Å². The summed E-state index contributed by atoms with van der Waals surface area (Å²) in [5, 5.41) is 34.6. The molecular formula is C35H42N4O5. The van der Waals surface area contributed by atoms with Crippen LogP contribution in [-0.2, 0) is 20.8 Å². The van der Waals surface area contributed by atoms with E-state index in [1.807, 2.05) is 95.3 Å². The van der Waals surface area contributed by atoms with Gasteiger partial charge in [-0.2, -0.15) is 5.26 Å². The third kappa shape index (κ3) is 8.99. The smallest absolute Gasteiger partial charge is 0.272 e. The summed E-state index contributed by atoms with van der Waals surface area (Å²) < 4.78 is 0. The summed E-state index contributed by atoms with van der Waals surface area (Å²) in [5.74, 6) is -3.34. The zero-order valence-electron chi connectivity index (χ0n) is 25.9. The number of aliphatic hydroxyl groups excluding tert-OH is 1. The van der Waals surface area contributed by atoms with Crippen LogP contribution in [0.4, 0.5) is 0 Å². The van der Waals surface area contributed by atoms with Gasteiger partial charge in [0.1, 0.15) is 12.1 Å². The summed E-state index contributed by atoms with van der Waals surface area (Å²) in [6, 6.07) is 23.7. The maximum atomic E-state index is 13.5. The SMILES string of the molecule is Cc1cc(CCC[C@@H](C(=O)N[C@H](C(=O)N[C@H](C)c2ccccc2)C(C)(C)C)[C@H](O)C(=O)NO)ccc1-c1ccc(C#N)cc1. The van der Waals surface area contributed by atoms with Crippen molar-refractivity contribution in [3.63, 3.8) is 0 Å². The molecule has 9 nitrogen and oxygen atoms in total. The predicted molar refractivity (Wildman–Crippen MR) is 168 cm³/mol. The normalized spacial score (nSPS) is 14.0. The number of rotatable bonds is 12. The van der Waals surface area contributed by atoms with E-state index in [4.69, 9.17) is 10.5 Å². The van der Waals surface area contributed by atoms with Crippen LogP contribution in [0.1, 0.15) is 68.8 Å². The van der Waals surface area contributed by atoms with Crippen molar-refractivity contribution < 1.29 is 24.7 Å². The van der Waals surface area contributed by atoms with Crippen LogP contribution in [0.2, 0.25) is 0 Å². The van der Waals surface area contributed by atoms with Crippen LogP contribution in [0.15, 0.2) is 72.8 Å². The van der Waals surface area contributed by atoms with Gasteiger partial charge in [0.05, 0.1) is 23.6 Å². The van der Waals surface area contributed by atoms with Crippen LogP contribution in [0.5, 0.6) is 0 Å². The number of carbonyl (C=O) groups excluding carboxylic acids is 3. The molecule has 0 aliphatic carbocycles. The van der Waals surface area contributed by atoms with Gasteiger partial charge in [-0.05, 0) is 78.5 Å². The molecule has 3 aromatic rings. The van der Waals surface area contributed by atoms with Crippen molar-refractivity contribution in [3.05, 3.63) is 95.1 Å². The van der Waals surface area contributed by atoms with E-state index in [1.165, 1.54) is 5.48 Å². The number of nitrogens with zero attached hydrogens (tertiary/aromatic N) is 1. The molecule has 4 atom stereocenters. The summed E-state index contributed by atoms with van der Waals surface area (Å²) in [6.07, 6.45) is -0.646. The van der Waals surface area contributed by atoms with E-state index in [9.17, 15) is 19.5 Å². The highest BCUT2D eigenvalue weighted by molar-refractivity contribution is 5.92. The Bertz CT molecular complexity index is 1480. The maximum absolute atomic E-state index is 13.5. The lowest BCUT2D eigenvalue weighted by Gasteiger charge is -2.33. The number of amides is 3. The number of aliphatic hydroxyl groups is 1. The third-order valence-corrected chi connectivity index (χ3v) is 7.77. The van der Waals surface area contributed by atoms with E-state index < -0.39 is 35.3 Å². The van der Waals surface area contributed by atoms with Gasteiger partial charge in [0.15, 0.2) is 0 Å². The Morgan fingerprint density at radius 2 is 1.57 bits per heavy atom. The fourth-order valence-electron chi connectivity index (χ4n) is 5.18. The first-order valence-electron chi connectivity index (χ1n) is 14.7. The lowest BCUT2D eigenvalue weighted by molar-refractivity contribution is -0.147. The molecule has 0 spiro atoms. The topological polar surface area (TPSA) is 152 Å². The summed E-state index contributed by atoms with van der Waals surface area (Å²) in [7, 11) is 0. The van der Waals surface area contributed by atoms with Gasteiger partial charge in [0, 0.05) is 0 Å². The highest BCUT2D eigenvalue weighted by Gasteiger charge is 2.38. The maximum Gasteiger partial charge on any atom is 0.272 e. The van der Waals surface area contributed by atoms with E-state index in [1.54, 1.807) is 12.1 Å². The van der Waals surface area contributed by atoms with Crippen LogP contribution in [0, 0.1) is 29.6 Å². The molecular weight excluding hydrogens is 556 g/mol. The second-order valence-electron chi connectivity index (χ2n) is 12.2. The van der Waals surface area contributed by atoms with Gasteiger partial charge < -0.3 is 15.7 Å². The Labute approximate surface area is 259 Å². The van der Waals surface area contributed by atoms with Gasteiger partial charge in [-0.15, -0.1) is 0 Å². The van der Waals surface area contributed by atoms with E-state index in [-0.39, 0.29) is 18.4 Å². The molecule has 3 aromatic carbocycles. The standard InChI is InChI=1S/C35H42N4O5/c1-22-20-24(16-19-28(22)27-17-14-25(21-36)15-18-27)10-9-13-29(30(40)33(42)39-44)32(41)38-31(35(3,4)5)34(43)37-23(2)26-11-7-6-8-12-26/h6-8,11-12,14-20,23,29-31,40,44H,9-10,13H2,1-5H3,(H,37,43)(H,38,41)(H,39,42)/t23-,29-,30+,31-/m1/s1. The van der Waals surface area contributed by atoms with Gasteiger partial charge in [0.25, 0.3) is 5.91 Å². The monoisotopic (exact) mass is 598 g/mol. The molecule has 5 N–H and O–H groups in total.